The number of rotatable bonds is 2. The molecule has 0 atom stereocenters. The van der Waals surface area contributed by atoms with Gasteiger partial charge in [-0.25, -0.2) is 4.98 Å². The Bertz CT molecular complexity index is 624. The zero-order valence-corrected chi connectivity index (χ0v) is 12.4. The van der Waals surface area contributed by atoms with Crippen LogP contribution >= 0.6 is 11.6 Å². The van der Waals surface area contributed by atoms with Crippen LogP contribution in [0.5, 0.6) is 5.75 Å². The van der Waals surface area contributed by atoms with Crippen LogP contribution in [0, 0.1) is 0 Å². The molecule has 4 nitrogen and oxygen atoms in total. The lowest BCUT2D eigenvalue weighted by molar-refractivity contribution is -1.01. The van der Waals surface area contributed by atoms with Gasteiger partial charge in [0.2, 0.25) is 0 Å². The van der Waals surface area contributed by atoms with Gasteiger partial charge in [0.15, 0.2) is 11.9 Å². The number of nitrogens with one attached hydrogen (secondary N) is 3. The van der Waals surface area contributed by atoms with E-state index in [0.29, 0.717) is 10.8 Å². The molecule has 1 aliphatic rings. The number of halogens is 1. The highest BCUT2D eigenvalue weighted by Gasteiger charge is 2.23. The maximum Gasteiger partial charge on any atom is 0.255 e. The van der Waals surface area contributed by atoms with Gasteiger partial charge in [0, 0.05) is 6.07 Å². The summed E-state index contributed by atoms with van der Waals surface area (Å²) in [6, 6.07) is 5.72. The molecule has 0 bridgehead atoms. The SMILES string of the molecule is C[NH+]1CC[NH+](Cc2cc(Cl)c3ccc[nH+]c3c2O)CC1. The van der Waals surface area contributed by atoms with Gasteiger partial charge in [-0.2, -0.15) is 0 Å². The fourth-order valence-electron chi connectivity index (χ4n) is 2.90. The number of quaternary nitrogens is 2. The van der Waals surface area contributed by atoms with E-state index in [4.69, 9.17) is 11.6 Å². The van der Waals surface area contributed by atoms with Crippen molar-refractivity contribution in [3.05, 3.63) is 35.0 Å². The zero-order valence-electron chi connectivity index (χ0n) is 11.7. The third-order valence-electron chi connectivity index (χ3n) is 4.21. The van der Waals surface area contributed by atoms with E-state index in [2.05, 4.69) is 12.0 Å². The molecule has 2 aromatic rings. The van der Waals surface area contributed by atoms with Crippen LogP contribution in [0.3, 0.4) is 0 Å². The number of phenolic OH excluding ortho intramolecular Hbond substituents is 1. The number of hydrogen-bond donors (Lipinski definition) is 3. The van der Waals surface area contributed by atoms with Crippen LogP contribution in [0.25, 0.3) is 10.9 Å². The molecule has 2 heterocycles. The highest BCUT2D eigenvalue weighted by molar-refractivity contribution is 6.35. The molecule has 1 aromatic heterocycles. The molecule has 4 N–H and O–H groups in total. The third kappa shape index (κ3) is 2.59. The number of benzene rings is 1. The van der Waals surface area contributed by atoms with Gasteiger partial charge >= 0.3 is 0 Å². The van der Waals surface area contributed by atoms with Crippen molar-refractivity contribution in [3.8, 4) is 5.75 Å². The molecule has 5 heteroatoms. The molecule has 1 aliphatic heterocycles. The predicted molar refractivity (Wildman–Crippen MR) is 78.2 cm³/mol. The first-order chi connectivity index (χ1) is 9.65. The summed E-state index contributed by atoms with van der Waals surface area (Å²) in [5.41, 5.74) is 1.66. The molecule has 0 radical (unpaired) electrons. The summed E-state index contributed by atoms with van der Waals surface area (Å²) in [7, 11) is 2.23. The largest absolute Gasteiger partial charge is 0.502 e. The van der Waals surface area contributed by atoms with Crippen molar-refractivity contribution < 1.29 is 19.9 Å². The first-order valence-electron chi connectivity index (χ1n) is 7.11. The minimum absolute atomic E-state index is 0.337. The van der Waals surface area contributed by atoms with E-state index in [-0.39, 0.29) is 0 Å². The topological polar surface area (TPSA) is 43.2 Å². The van der Waals surface area contributed by atoms with E-state index in [1.54, 1.807) is 4.90 Å². The molecule has 0 spiro atoms. The standard InChI is InChI=1S/C15H18ClN3O/c1-18-5-7-19(8-6-18)10-11-9-13(16)12-3-2-4-17-14(12)15(11)20/h2-4,9,20H,5-8,10H2,1H3/p+3. The van der Waals surface area contributed by atoms with Gasteiger partial charge in [-0.15, -0.1) is 0 Å². The molecular weight excluding hydrogens is 274 g/mol. The Hall–Kier alpha value is -1.36. The van der Waals surface area contributed by atoms with E-state index in [0.717, 1.165) is 36.1 Å². The van der Waals surface area contributed by atoms with Gasteiger partial charge in [-0.05, 0) is 12.1 Å². The number of aromatic nitrogens is 1. The molecule has 1 aromatic carbocycles. The van der Waals surface area contributed by atoms with Crippen molar-refractivity contribution in [2.45, 2.75) is 6.54 Å². The van der Waals surface area contributed by atoms with Crippen molar-refractivity contribution >= 4 is 22.5 Å². The molecule has 1 fully saturated rings. The van der Waals surface area contributed by atoms with E-state index in [1.807, 2.05) is 24.4 Å². The van der Waals surface area contributed by atoms with Crippen LogP contribution in [0.15, 0.2) is 24.4 Å². The second-order valence-corrected chi connectivity index (χ2v) is 6.12. The number of aromatic hydroxyl groups is 1. The Kier molecular flexibility index (Phi) is 3.78. The Morgan fingerprint density at radius 1 is 1.30 bits per heavy atom. The predicted octanol–water partition coefficient (Wildman–Crippen LogP) is -1.07. The average molecular weight is 295 g/mol. The molecular formula is C15H21ClN3O+3. The summed E-state index contributed by atoms with van der Waals surface area (Å²) in [6.07, 6.45) is 1.81. The van der Waals surface area contributed by atoms with Crippen LogP contribution in [-0.2, 0) is 6.54 Å². The number of phenols is 1. The number of H-pyrrole nitrogens is 1. The van der Waals surface area contributed by atoms with Gasteiger partial charge in [-0.3, -0.25) is 0 Å². The maximum atomic E-state index is 10.4. The van der Waals surface area contributed by atoms with Crippen molar-refractivity contribution in [2.24, 2.45) is 0 Å². The molecule has 0 amide bonds. The highest BCUT2D eigenvalue weighted by atomic mass is 35.5. The summed E-state index contributed by atoms with van der Waals surface area (Å²) < 4.78 is 0. The fraction of sp³-hybridized carbons (Fsp3) is 0.400. The Balaban J connectivity index is 1.90. The Morgan fingerprint density at radius 3 is 2.80 bits per heavy atom. The summed E-state index contributed by atoms with van der Waals surface area (Å²) in [4.78, 5) is 6.19. The van der Waals surface area contributed by atoms with Gasteiger partial charge in [-0.1, -0.05) is 11.6 Å². The Labute approximate surface area is 123 Å². The summed E-state index contributed by atoms with van der Waals surface area (Å²) in [5.74, 6) is 0.337. The average Bonchev–Trinajstić information content (AvgIpc) is 2.47. The van der Waals surface area contributed by atoms with E-state index >= 15 is 0 Å². The van der Waals surface area contributed by atoms with Gasteiger partial charge in [0.1, 0.15) is 32.7 Å². The molecule has 1 saturated heterocycles. The molecule has 106 valence electrons. The van der Waals surface area contributed by atoms with Gasteiger partial charge in [0.25, 0.3) is 5.52 Å². The lowest BCUT2D eigenvalue weighted by atomic mass is 10.1. The number of fused-ring (bicyclic) bond motifs is 1. The van der Waals surface area contributed by atoms with Gasteiger partial charge in [0.05, 0.1) is 23.0 Å². The lowest BCUT2D eigenvalue weighted by Crippen LogP contribution is -3.26. The van der Waals surface area contributed by atoms with E-state index in [1.165, 1.54) is 18.0 Å². The second kappa shape index (κ2) is 5.56. The highest BCUT2D eigenvalue weighted by Crippen LogP contribution is 2.30. The number of pyridine rings is 1. The maximum absolute atomic E-state index is 10.4. The number of hydrogen-bond acceptors (Lipinski definition) is 1. The van der Waals surface area contributed by atoms with Crippen molar-refractivity contribution in [1.82, 2.24) is 0 Å². The van der Waals surface area contributed by atoms with Crippen molar-refractivity contribution in [1.29, 1.82) is 0 Å². The molecule has 0 unspecified atom stereocenters. The van der Waals surface area contributed by atoms with Crippen molar-refractivity contribution in [2.75, 3.05) is 33.2 Å². The monoisotopic (exact) mass is 294 g/mol. The molecule has 20 heavy (non-hydrogen) atoms. The van der Waals surface area contributed by atoms with Crippen LogP contribution in [0.1, 0.15) is 5.56 Å². The minimum Gasteiger partial charge on any atom is -0.502 e. The number of aromatic amines is 1. The summed E-state index contributed by atoms with van der Waals surface area (Å²) >= 11 is 6.33. The first kappa shape index (κ1) is 13.6. The Morgan fingerprint density at radius 2 is 2.05 bits per heavy atom. The fourth-order valence-corrected chi connectivity index (χ4v) is 3.19. The molecule has 0 saturated carbocycles. The van der Waals surface area contributed by atoms with Crippen LogP contribution in [-0.4, -0.2) is 38.3 Å². The second-order valence-electron chi connectivity index (χ2n) is 5.71. The van der Waals surface area contributed by atoms with E-state index < -0.39 is 0 Å². The van der Waals surface area contributed by atoms with Gasteiger partial charge < -0.3 is 14.9 Å². The quantitative estimate of drug-likeness (QED) is 0.649. The molecule has 0 aliphatic carbocycles. The van der Waals surface area contributed by atoms with Crippen LogP contribution in [0.4, 0.5) is 0 Å². The summed E-state index contributed by atoms with van der Waals surface area (Å²) in [5, 5.41) is 12.0. The number of likely N-dealkylation sites (N-methyl/N-ethyl adjacent to an activating group) is 1. The molecule has 3 rings (SSSR count). The third-order valence-corrected chi connectivity index (χ3v) is 4.52. The smallest absolute Gasteiger partial charge is 0.255 e. The van der Waals surface area contributed by atoms with Crippen molar-refractivity contribution in [3.63, 3.8) is 0 Å². The normalized spacial score (nSPS) is 23.1. The first-order valence-corrected chi connectivity index (χ1v) is 7.48. The zero-order chi connectivity index (χ0) is 14.1. The van der Waals surface area contributed by atoms with Crippen LogP contribution in [0.2, 0.25) is 5.02 Å². The number of piperazine rings is 1. The lowest BCUT2D eigenvalue weighted by Gasteiger charge is -2.27. The summed E-state index contributed by atoms with van der Waals surface area (Å²) in [6.45, 7) is 5.48. The minimum atomic E-state index is 0.337. The van der Waals surface area contributed by atoms with Crippen LogP contribution < -0.4 is 14.8 Å². The van der Waals surface area contributed by atoms with E-state index in [9.17, 15) is 5.11 Å².